The van der Waals surface area contributed by atoms with E-state index in [0.29, 0.717) is 12.3 Å². The zero-order valence-corrected chi connectivity index (χ0v) is 9.03. The molecule has 0 fully saturated rings. The SMILES string of the molecule is CC(CC=O)CCCC(C)(C)Cl. The van der Waals surface area contributed by atoms with Crippen LogP contribution in [0, 0.1) is 5.92 Å². The lowest BCUT2D eigenvalue weighted by molar-refractivity contribution is -0.108. The minimum absolute atomic E-state index is 0.0824. The van der Waals surface area contributed by atoms with Crippen molar-refractivity contribution in [3.63, 3.8) is 0 Å². The van der Waals surface area contributed by atoms with Gasteiger partial charge in [-0.3, -0.25) is 0 Å². The highest BCUT2D eigenvalue weighted by Crippen LogP contribution is 2.22. The Balaban J connectivity index is 3.36. The first-order valence-corrected chi connectivity index (χ1v) is 4.96. The number of alkyl halides is 1. The highest BCUT2D eigenvalue weighted by molar-refractivity contribution is 6.23. The van der Waals surface area contributed by atoms with Gasteiger partial charge in [0.2, 0.25) is 0 Å². The van der Waals surface area contributed by atoms with Gasteiger partial charge in [0.25, 0.3) is 0 Å². The molecule has 0 aliphatic rings. The van der Waals surface area contributed by atoms with Crippen LogP contribution in [0.3, 0.4) is 0 Å². The zero-order chi connectivity index (χ0) is 9.61. The molecule has 0 aliphatic carbocycles. The molecule has 0 amide bonds. The third-order valence-electron chi connectivity index (χ3n) is 1.97. The molecule has 1 atom stereocenters. The quantitative estimate of drug-likeness (QED) is 0.464. The second-order valence-corrected chi connectivity index (χ2v) is 5.14. The Morgan fingerprint density at radius 2 is 2.08 bits per heavy atom. The number of carbonyl (C=O) groups excluding carboxylic acids is 1. The van der Waals surface area contributed by atoms with E-state index in [1.807, 2.05) is 13.8 Å². The normalized spacial score (nSPS) is 14.3. The summed E-state index contributed by atoms with van der Waals surface area (Å²) in [6.07, 6.45) is 4.93. The molecule has 12 heavy (non-hydrogen) atoms. The van der Waals surface area contributed by atoms with Gasteiger partial charge in [-0.15, -0.1) is 11.6 Å². The lowest BCUT2D eigenvalue weighted by atomic mass is 9.97. The van der Waals surface area contributed by atoms with E-state index in [1.165, 1.54) is 0 Å². The Morgan fingerprint density at radius 3 is 2.50 bits per heavy atom. The van der Waals surface area contributed by atoms with Crippen molar-refractivity contribution in [2.24, 2.45) is 5.92 Å². The lowest BCUT2D eigenvalue weighted by Gasteiger charge is -2.16. The first-order chi connectivity index (χ1) is 5.45. The maximum atomic E-state index is 10.1. The predicted octanol–water partition coefficient (Wildman–Crippen LogP) is 3.40. The van der Waals surface area contributed by atoms with Gasteiger partial charge < -0.3 is 4.79 Å². The molecular formula is C10H19ClO. The maximum absolute atomic E-state index is 10.1. The van der Waals surface area contributed by atoms with Crippen LogP contribution in [-0.4, -0.2) is 11.2 Å². The van der Waals surface area contributed by atoms with Crippen LogP contribution in [0.1, 0.15) is 46.5 Å². The Hall–Kier alpha value is -0.0400. The van der Waals surface area contributed by atoms with Crippen molar-refractivity contribution in [2.45, 2.75) is 51.3 Å². The molecule has 72 valence electrons. The Morgan fingerprint density at radius 1 is 1.50 bits per heavy atom. The van der Waals surface area contributed by atoms with E-state index in [2.05, 4.69) is 6.92 Å². The number of carbonyl (C=O) groups is 1. The molecule has 0 aromatic carbocycles. The van der Waals surface area contributed by atoms with Crippen molar-refractivity contribution < 1.29 is 4.79 Å². The molecule has 1 nitrogen and oxygen atoms in total. The summed E-state index contributed by atoms with van der Waals surface area (Å²) in [6, 6.07) is 0. The number of rotatable bonds is 6. The fourth-order valence-corrected chi connectivity index (χ4v) is 1.29. The van der Waals surface area contributed by atoms with E-state index >= 15 is 0 Å². The molecule has 0 aromatic heterocycles. The highest BCUT2D eigenvalue weighted by Gasteiger charge is 2.12. The first kappa shape index (κ1) is 12.0. The van der Waals surface area contributed by atoms with E-state index in [0.717, 1.165) is 25.5 Å². The summed E-state index contributed by atoms with van der Waals surface area (Å²) in [5.74, 6) is 0.515. The van der Waals surface area contributed by atoms with Crippen molar-refractivity contribution in [1.82, 2.24) is 0 Å². The maximum Gasteiger partial charge on any atom is 0.120 e. The molecule has 0 N–H and O–H groups in total. The number of halogens is 1. The second-order valence-electron chi connectivity index (χ2n) is 4.12. The summed E-state index contributed by atoms with van der Waals surface area (Å²) < 4.78 is 0. The van der Waals surface area contributed by atoms with Gasteiger partial charge in [-0.05, 0) is 26.2 Å². The van der Waals surface area contributed by atoms with Gasteiger partial charge in [-0.25, -0.2) is 0 Å². The first-order valence-electron chi connectivity index (χ1n) is 4.58. The minimum atomic E-state index is -0.0824. The molecular weight excluding hydrogens is 172 g/mol. The highest BCUT2D eigenvalue weighted by atomic mass is 35.5. The summed E-state index contributed by atoms with van der Waals surface area (Å²) in [5, 5.41) is 0. The minimum Gasteiger partial charge on any atom is -0.303 e. The molecule has 0 saturated heterocycles. The van der Waals surface area contributed by atoms with Crippen LogP contribution in [0.5, 0.6) is 0 Å². The van der Waals surface area contributed by atoms with Gasteiger partial charge in [0, 0.05) is 11.3 Å². The zero-order valence-electron chi connectivity index (χ0n) is 8.27. The van der Waals surface area contributed by atoms with Crippen molar-refractivity contribution in [3.8, 4) is 0 Å². The molecule has 1 unspecified atom stereocenters. The van der Waals surface area contributed by atoms with Gasteiger partial charge in [-0.2, -0.15) is 0 Å². The summed E-state index contributed by atoms with van der Waals surface area (Å²) in [6.45, 7) is 6.16. The van der Waals surface area contributed by atoms with Gasteiger partial charge in [0.05, 0.1) is 0 Å². The van der Waals surface area contributed by atoms with E-state index in [9.17, 15) is 4.79 Å². The number of aldehydes is 1. The van der Waals surface area contributed by atoms with Gasteiger partial charge >= 0.3 is 0 Å². The van der Waals surface area contributed by atoms with Gasteiger partial charge in [-0.1, -0.05) is 19.8 Å². The lowest BCUT2D eigenvalue weighted by Crippen LogP contribution is -2.10. The van der Waals surface area contributed by atoms with E-state index in [4.69, 9.17) is 11.6 Å². The summed E-state index contributed by atoms with van der Waals surface area (Å²) >= 11 is 6.02. The number of hydrogen-bond acceptors (Lipinski definition) is 1. The molecule has 0 aliphatic heterocycles. The average molecular weight is 191 g/mol. The van der Waals surface area contributed by atoms with E-state index in [-0.39, 0.29) is 4.87 Å². The monoisotopic (exact) mass is 190 g/mol. The summed E-state index contributed by atoms with van der Waals surface area (Å²) in [4.78, 5) is 10.1. The van der Waals surface area contributed by atoms with Crippen molar-refractivity contribution >= 4 is 17.9 Å². The van der Waals surface area contributed by atoms with Crippen LogP contribution in [-0.2, 0) is 4.79 Å². The largest absolute Gasteiger partial charge is 0.303 e. The van der Waals surface area contributed by atoms with Gasteiger partial charge in [0.1, 0.15) is 6.29 Å². The van der Waals surface area contributed by atoms with Crippen molar-refractivity contribution in [1.29, 1.82) is 0 Å². The third-order valence-corrected chi connectivity index (χ3v) is 2.16. The van der Waals surface area contributed by atoms with Crippen LogP contribution in [0.4, 0.5) is 0 Å². The van der Waals surface area contributed by atoms with Crippen LogP contribution in [0.2, 0.25) is 0 Å². The fraction of sp³-hybridized carbons (Fsp3) is 0.900. The standard InChI is InChI=1S/C10H19ClO/c1-9(6-8-12)5-4-7-10(2,3)11/h8-9H,4-7H2,1-3H3. The molecule has 0 spiro atoms. The van der Waals surface area contributed by atoms with Crippen LogP contribution < -0.4 is 0 Å². The Bertz CT molecular complexity index is 126. The summed E-state index contributed by atoms with van der Waals surface area (Å²) in [5.41, 5.74) is 0. The van der Waals surface area contributed by atoms with E-state index < -0.39 is 0 Å². The summed E-state index contributed by atoms with van der Waals surface area (Å²) in [7, 11) is 0. The molecule has 0 bridgehead atoms. The molecule has 0 radical (unpaired) electrons. The van der Waals surface area contributed by atoms with Crippen molar-refractivity contribution in [3.05, 3.63) is 0 Å². The molecule has 0 aromatic rings. The Labute approximate surface area is 80.5 Å². The topological polar surface area (TPSA) is 17.1 Å². The molecule has 0 rings (SSSR count). The Kier molecular flexibility index (Phi) is 5.56. The fourth-order valence-electron chi connectivity index (χ4n) is 1.15. The molecule has 2 heteroatoms. The smallest absolute Gasteiger partial charge is 0.120 e. The average Bonchev–Trinajstić information content (AvgIpc) is 1.84. The van der Waals surface area contributed by atoms with Crippen LogP contribution in [0.15, 0.2) is 0 Å². The number of hydrogen-bond donors (Lipinski definition) is 0. The van der Waals surface area contributed by atoms with Crippen LogP contribution >= 0.6 is 11.6 Å². The van der Waals surface area contributed by atoms with Crippen molar-refractivity contribution in [2.75, 3.05) is 0 Å². The second kappa shape index (κ2) is 5.58. The van der Waals surface area contributed by atoms with Crippen LogP contribution in [0.25, 0.3) is 0 Å². The van der Waals surface area contributed by atoms with E-state index in [1.54, 1.807) is 0 Å². The molecule has 0 saturated carbocycles. The van der Waals surface area contributed by atoms with Gasteiger partial charge in [0.15, 0.2) is 0 Å². The molecule has 0 heterocycles. The predicted molar refractivity (Wildman–Crippen MR) is 53.6 cm³/mol. The third kappa shape index (κ3) is 8.06.